The Morgan fingerprint density at radius 2 is 1.78 bits per heavy atom. The summed E-state index contributed by atoms with van der Waals surface area (Å²) in [4.78, 5) is 29.0. The number of nitrogens with zero attached hydrogens (tertiary/aromatic N) is 2. The molecule has 1 atom stereocenters. The number of nitrogens with one attached hydrogen (secondary N) is 2. The zero-order valence-electron chi connectivity index (χ0n) is 20.9. The van der Waals surface area contributed by atoms with Gasteiger partial charge in [-0.25, -0.2) is 4.39 Å². The summed E-state index contributed by atoms with van der Waals surface area (Å²) in [7, 11) is 0. The van der Waals surface area contributed by atoms with E-state index in [0.29, 0.717) is 22.5 Å². The molecule has 37 heavy (non-hydrogen) atoms. The molecule has 2 N–H and O–H groups in total. The van der Waals surface area contributed by atoms with E-state index >= 15 is 0 Å². The van der Waals surface area contributed by atoms with E-state index in [9.17, 15) is 14.0 Å². The second-order valence-electron chi connectivity index (χ2n) is 9.39. The highest BCUT2D eigenvalue weighted by atomic mass is 19.1. The van der Waals surface area contributed by atoms with E-state index in [1.54, 1.807) is 30.3 Å². The fourth-order valence-electron chi connectivity index (χ4n) is 4.81. The van der Waals surface area contributed by atoms with Crippen molar-refractivity contribution in [2.75, 3.05) is 16.8 Å². The van der Waals surface area contributed by atoms with Crippen molar-refractivity contribution in [2.24, 2.45) is 0 Å². The predicted octanol–water partition coefficient (Wildman–Crippen LogP) is 6.13. The van der Waals surface area contributed by atoms with Gasteiger partial charge in [-0.3, -0.25) is 14.5 Å². The van der Waals surface area contributed by atoms with Gasteiger partial charge in [0.2, 0.25) is 11.8 Å². The van der Waals surface area contributed by atoms with Crippen LogP contribution in [0.1, 0.15) is 57.7 Å². The minimum Gasteiger partial charge on any atom is -0.376 e. The molecule has 0 heterocycles. The summed E-state index contributed by atoms with van der Waals surface area (Å²) >= 11 is 0. The molecular weight excluding hydrogens is 467 g/mol. The van der Waals surface area contributed by atoms with Crippen LogP contribution in [-0.2, 0) is 9.59 Å². The average Bonchev–Trinajstić information content (AvgIpc) is 2.91. The van der Waals surface area contributed by atoms with Gasteiger partial charge >= 0.3 is 0 Å². The summed E-state index contributed by atoms with van der Waals surface area (Å²) in [6.07, 6.45) is 5.07. The van der Waals surface area contributed by atoms with E-state index < -0.39 is 11.9 Å². The van der Waals surface area contributed by atoms with Crippen molar-refractivity contribution in [3.63, 3.8) is 0 Å². The largest absolute Gasteiger partial charge is 0.376 e. The molecule has 0 aromatic heterocycles. The van der Waals surface area contributed by atoms with Gasteiger partial charge in [-0.15, -0.1) is 0 Å². The fourth-order valence-corrected chi connectivity index (χ4v) is 4.81. The summed E-state index contributed by atoms with van der Waals surface area (Å²) in [5.41, 5.74) is 3.02. The zero-order chi connectivity index (χ0) is 26.2. The van der Waals surface area contributed by atoms with E-state index in [0.717, 1.165) is 37.7 Å². The van der Waals surface area contributed by atoms with Gasteiger partial charge in [0.25, 0.3) is 0 Å². The highest BCUT2D eigenvalue weighted by Crippen LogP contribution is 2.31. The van der Waals surface area contributed by atoms with E-state index in [2.05, 4.69) is 16.7 Å². The number of carbonyl (C=O) groups is 2. The number of benzene rings is 3. The van der Waals surface area contributed by atoms with Gasteiger partial charge < -0.3 is 10.6 Å². The van der Waals surface area contributed by atoms with E-state index in [-0.39, 0.29) is 27.3 Å². The lowest BCUT2D eigenvalue weighted by Crippen LogP contribution is -2.48. The van der Waals surface area contributed by atoms with Gasteiger partial charge in [-0.2, -0.15) is 5.26 Å². The van der Waals surface area contributed by atoms with E-state index in [4.69, 9.17) is 5.26 Å². The van der Waals surface area contributed by atoms with Crippen LogP contribution in [0.15, 0.2) is 72.8 Å². The molecule has 1 unspecified atom stereocenters. The van der Waals surface area contributed by atoms with Crippen molar-refractivity contribution in [1.82, 2.24) is 5.32 Å². The Balaban J connectivity index is 0.00000267. The van der Waals surface area contributed by atoms with Crippen molar-refractivity contribution < 1.29 is 16.8 Å². The number of nitriles is 1. The average molecular weight is 503 g/mol. The molecule has 7 heteroatoms. The highest BCUT2D eigenvalue weighted by molar-refractivity contribution is 6.03. The second-order valence-corrected chi connectivity index (χ2v) is 9.39. The van der Waals surface area contributed by atoms with Crippen molar-refractivity contribution in [1.29, 1.82) is 5.26 Å². The molecule has 3 aromatic rings. The van der Waals surface area contributed by atoms with Crippen LogP contribution in [0.3, 0.4) is 0 Å². The first-order valence-corrected chi connectivity index (χ1v) is 12.6. The number of aryl methyl sites for hydroxylation is 1. The van der Waals surface area contributed by atoms with E-state index in [1.807, 2.05) is 31.2 Å². The highest BCUT2D eigenvalue weighted by Gasteiger charge is 2.35. The van der Waals surface area contributed by atoms with Crippen LogP contribution < -0.4 is 15.5 Å². The quantitative estimate of drug-likeness (QED) is 0.388. The molecule has 6 nitrogen and oxygen atoms in total. The number of hydrogen-bond acceptors (Lipinski definition) is 4. The summed E-state index contributed by atoms with van der Waals surface area (Å²) in [5, 5.41) is 15.3. The second kappa shape index (κ2) is 12.2. The molecule has 4 rings (SSSR count). The summed E-state index contributed by atoms with van der Waals surface area (Å²) < 4.78 is 14.4. The predicted molar refractivity (Wildman–Crippen MR) is 147 cm³/mol. The van der Waals surface area contributed by atoms with Crippen LogP contribution in [0.2, 0.25) is 0 Å². The van der Waals surface area contributed by atoms with Crippen molar-refractivity contribution >= 4 is 23.2 Å². The van der Waals surface area contributed by atoms with Crippen LogP contribution in [0.5, 0.6) is 0 Å². The van der Waals surface area contributed by atoms with Crippen LogP contribution >= 0.6 is 0 Å². The number of rotatable bonds is 8. The fraction of sp³-hybridized carbons (Fsp3) is 0.300. The molecule has 1 aliphatic carbocycles. The molecule has 3 aromatic carbocycles. The Bertz CT molecular complexity index is 1290. The monoisotopic (exact) mass is 502 g/mol. The summed E-state index contributed by atoms with van der Waals surface area (Å²) in [6.45, 7) is 1.78. The number of amides is 2. The van der Waals surface area contributed by atoms with Crippen LogP contribution in [0, 0.1) is 24.1 Å². The Morgan fingerprint density at radius 1 is 1.05 bits per heavy atom. The first-order chi connectivity index (χ1) is 18.0. The summed E-state index contributed by atoms with van der Waals surface area (Å²) in [6, 6.07) is 21.1. The van der Waals surface area contributed by atoms with Crippen molar-refractivity contribution in [3.8, 4) is 6.07 Å². The van der Waals surface area contributed by atoms with Gasteiger partial charge in [-0.1, -0.05) is 49.6 Å². The topological polar surface area (TPSA) is 85.2 Å². The molecule has 194 valence electrons. The maximum absolute atomic E-state index is 14.4. The normalized spacial score (nSPS) is 14.3. The number of hydrogen-bond donors (Lipinski definition) is 2. The minimum absolute atomic E-state index is 0. The third kappa shape index (κ3) is 6.53. The number of anilines is 2. The van der Waals surface area contributed by atoms with Crippen LogP contribution in [0.25, 0.3) is 0 Å². The number of halogens is 1. The third-order valence-electron chi connectivity index (χ3n) is 6.75. The maximum atomic E-state index is 14.4. The SMILES string of the molecule is Cc1ccccc1C(C(=O)NC1CCCCC1)N(C(=O)CNc1ccc(C#N)cc1)c1cccc(F)c1.[HH].[HH]. The molecule has 1 fully saturated rings. The zero-order valence-corrected chi connectivity index (χ0v) is 20.9. The minimum atomic E-state index is -0.972. The van der Waals surface area contributed by atoms with Crippen LogP contribution in [0.4, 0.5) is 15.8 Å². The van der Waals surface area contributed by atoms with Gasteiger partial charge in [0.05, 0.1) is 18.2 Å². The standard InChI is InChI=1S/C30H31FN4O2.2H2/c1-21-8-5-6-13-27(21)29(30(37)34-25-10-3-2-4-11-25)35(26-12-7-9-23(31)18-26)28(36)20-33-24-16-14-22(19-32)15-17-24;;/h5-9,12-18,25,29,33H,2-4,10-11,20H2,1H3,(H,34,37);2*1H. The Labute approximate surface area is 220 Å². The molecule has 0 aliphatic heterocycles. The first-order valence-electron chi connectivity index (χ1n) is 12.6. The molecular formula is C30H35FN4O2. The maximum Gasteiger partial charge on any atom is 0.248 e. The third-order valence-corrected chi connectivity index (χ3v) is 6.75. The van der Waals surface area contributed by atoms with Gasteiger partial charge in [-0.05, 0) is 73.4 Å². The molecule has 0 bridgehead atoms. The van der Waals surface area contributed by atoms with Gasteiger partial charge in [0.15, 0.2) is 0 Å². The molecule has 0 saturated heterocycles. The Morgan fingerprint density at radius 3 is 2.46 bits per heavy atom. The van der Waals surface area contributed by atoms with Gasteiger partial charge in [0, 0.05) is 20.3 Å². The van der Waals surface area contributed by atoms with E-state index in [1.165, 1.54) is 23.1 Å². The van der Waals surface area contributed by atoms with Crippen LogP contribution in [-0.4, -0.2) is 24.4 Å². The molecule has 0 radical (unpaired) electrons. The van der Waals surface area contributed by atoms with Crippen molar-refractivity contribution in [2.45, 2.75) is 51.1 Å². The lowest BCUT2D eigenvalue weighted by molar-refractivity contribution is -0.126. The van der Waals surface area contributed by atoms with Gasteiger partial charge in [0.1, 0.15) is 11.9 Å². The van der Waals surface area contributed by atoms with Crippen molar-refractivity contribution in [3.05, 3.63) is 95.3 Å². The molecule has 1 saturated carbocycles. The molecule has 2 amide bonds. The lowest BCUT2D eigenvalue weighted by atomic mass is 9.93. The molecule has 0 spiro atoms. The Kier molecular flexibility index (Phi) is 8.52. The molecule has 1 aliphatic rings. The Hall–Kier alpha value is -4.18. The lowest BCUT2D eigenvalue weighted by Gasteiger charge is -2.34. The first kappa shape index (κ1) is 25.9. The summed E-state index contributed by atoms with van der Waals surface area (Å²) in [5.74, 6) is -1.16. The smallest absolute Gasteiger partial charge is 0.248 e. The number of carbonyl (C=O) groups excluding carboxylic acids is 2.